The fourth-order valence-corrected chi connectivity index (χ4v) is 5.18. The van der Waals surface area contributed by atoms with Gasteiger partial charge in [0.1, 0.15) is 0 Å². The third kappa shape index (κ3) is 4.89. The van der Waals surface area contributed by atoms with E-state index < -0.39 is 16.8 Å². The molecule has 1 spiro atoms. The number of amides is 1. The van der Waals surface area contributed by atoms with Crippen molar-refractivity contribution in [2.45, 2.75) is 51.2 Å². The van der Waals surface area contributed by atoms with Crippen molar-refractivity contribution >= 4 is 17.5 Å². The van der Waals surface area contributed by atoms with E-state index in [1.165, 1.54) is 0 Å². The first-order valence-electron chi connectivity index (χ1n) is 11.6. The first kappa shape index (κ1) is 23.7. The van der Waals surface area contributed by atoms with Gasteiger partial charge in [-0.1, -0.05) is 29.3 Å². The van der Waals surface area contributed by atoms with Gasteiger partial charge in [-0.25, -0.2) is 9.97 Å². The van der Waals surface area contributed by atoms with Gasteiger partial charge in [0.05, 0.1) is 16.1 Å². The quantitative estimate of drug-likeness (QED) is 0.422. The van der Waals surface area contributed by atoms with E-state index in [4.69, 9.17) is 11.6 Å². The number of aromatic nitrogens is 3. The second kappa shape index (κ2) is 8.90. The van der Waals surface area contributed by atoms with Crippen LogP contribution >= 0.6 is 11.6 Å². The molecule has 0 radical (unpaired) electrons. The Morgan fingerprint density at radius 1 is 1.17 bits per heavy atom. The molecule has 2 fully saturated rings. The maximum absolute atomic E-state index is 13.8. The number of alkyl halides is 3. The molecule has 1 aliphatic carbocycles. The summed E-state index contributed by atoms with van der Waals surface area (Å²) in [7, 11) is 0. The summed E-state index contributed by atoms with van der Waals surface area (Å²) in [5.74, 6) is 0.391. The molecule has 0 bridgehead atoms. The van der Waals surface area contributed by atoms with Crippen molar-refractivity contribution < 1.29 is 18.0 Å². The number of aryl methyl sites for hydroxylation is 2. The average molecular weight is 501 g/mol. The molecule has 1 saturated carbocycles. The van der Waals surface area contributed by atoms with Gasteiger partial charge in [-0.2, -0.15) is 13.2 Å². The zero-order chi connectivity index (χ0) is 24.8. The van der Waals surface area contributed by atoms with Gasteiger partial charge in [0, 0.05) is 42.4 Å². The maximum Gasteiger partial charge on any atom is 0.417 e. The van der Waals surface area contributed by atoms with Crippen molar-refractivity contribution in [2.24, 2.45) is 5.41 Å². The molecule has 182 valence electrons. The van der Waals surface area contributed by atoms with Crippen LogP contribution in [-0.4, -0.2) is 38.3 Å². The van der Waals surface area contributed by atoms with Crippen molar-refractivity contribution in [3.63, 3.8) is 0 Å². The second-order valence-corrected chi connectivity index (χ2v) is 10.0. The standard InChI is InChI=1S/C26H24ClF3N4O/c1-16-3-6-19(23-31-9-2-10-32-23)20(11-16)24(35)34-15-25(7-8-25)13-18(34)5-4-17-12-21(26(28,29)30)22(27)14-33-17/h2-3,6,9-12,14,18H,4-5,7-8,13,15H2,1H3/t18-/m1/s1. The van der Waals surface area contributed by atoms with Crippen LogP contribution in [0.25, 0.3) is 11.4 Å². The molecule has 0 N–H and O–H groups in total. The van der Waals surface area contributed by atoms with E-state index in [9.17, 15) is 18.0 Å². The molecule has 0 unspecified atom stereocenters. The van der Waals surface area contributed by atoms with Crippen molar-refractivity contribution in [3.8, 4) is 11.4 Å². The summed E-state index contributed by atoms with van der Waals surface area (Å²) in [5.41, 5.74) is 1.73. The molecule has 35 heavy (non-hydrogen) atoms. The summed E-state index contributed by atoms with van der Waals surface area (Å²) in [6.45, 7) is 2.59. The second-order valence-electron chi connectivity index (χ2n) is 9.60. The lowest BCUT2D eigenvalue weighted by Gasteiger charge is -2.26. The lowest BCUT2D eigenvalue weighted by molar-refractivity contribution is -0.137. The Labute approximate surface area is 206 Å². The molecule has 2 aromatic heterocycles. The lowest BCUT2D eigenvalue weighted by atomic mass is 9.98. The van der Waals surface area contributed by atoms with E-state index in [2.05, 4.69) is 15.0 Å². The number of carbonyl (C=O) groups excluding carboxylic acids is 1. The van der Waals surface area contributed by atoms with Gasteiger partial charge in [0.25, 0.3) is 5.91 Å². The Morgan fingerprint density at radius 2 is 1.91 bits per heavy atom. The summed E-state index contributed by atoms with van der Waals surface area (Å²) in [5, 5.41) is -0.411. The third-order valence-corrected chi connectivity index (χ3v) is 7.30. The molecule has 1 aliphatic heterocycles. The molecule has 1 amide bonds. The van der Waals surface area contributed by atoms with Crippen molar-refractivity contribution in [1.82, 2.24) is 19.9 Å². The Kier molecular flexibility index (Phi) is 6.03. The summed E-state index contributed by atoms with van der Waals surface area (Å²) >= 11 is 5.72. The van der Waals surface area contributed by atoms with Gasteiger partial charge >= 0.3 is 6.18 Å². The van der Waals surface area contributed by atoms with Crippen LogP contribution in [0, 0.1) is 12.3 Å². The van der Waals surface area contributed by atoms with E-state index in [-0.39, 0.29) is 17.4 Å². The fourth-order valence-electron chi connectivity index (χ4n) is 4.97. The third-order valence-electron chi connectivity index (χ3n) is 7.00. The molecule has 3 aromatic rings. The molecule has 5 nitrogen and oxygen atoms in total. The summed E-state index contributed by atoms with van der Waals surface area (Å²) in [6.07, 6.45) is 3.63. The minimum Gasteiger partial charge on any atom is -0.335 e. The van der Waals surface area contributed by atoms with Crippen molar-refractivity contribution in [1.29, 1.82) is 0 Å². The highest BCUT2D eigenvalue weighted by molar-refractivity contribution is 6.31. The van der Waals surface area contributed by atoms with Gasteiger partial charge in [0.15, 0.2) is 5.82 Å². The van der Waals surface area contributed by atoms with Crippen LogP contribution in [0.2, 0.25) is 5.02 Å². The van der Waals surface area contributed by atoms with Crippen molar-refractivity contribution in [2.75, 3.05) is 6.54 Å². The number of nitrogens with zero attached hydrogens (tertiary/aromatic N) is 4. The van der Waals surface area contributed by atoms with Crippen LogP contribution in [0.1, 0.15) is 52.9 Å². The fraction of sp³-hybridized carbons (Fsp3) is 0.385. The number of benzene rings is 1. The normalized spacial score (nSPS) is 18.8. The minimum absolute atomic E-state index is 0.0816. The van der Waals surface area contributed by atoms with Crippen LogP contribution in [0.4, 0.5) is 13.2 Å². The van der Waals surface area contributed by atoms with E-state index in [0.717, 1.165) is 37.1 Å². The van der Waals surface area contributed by atoms with Crippen molar-refractivity contribution in [3.05, 3.63) is 76.3 Å². The smallest absolute Gasteiger partial charge is 0.335 e. The van der Waals surface area contributed by atoms with Gasteiger partial charge < -0.3 is 4.90 Å². The van der Waals surface area contributed by atoms with Crippen LogP contribution < -0.4 is 0 Å². The molecule has 1 atom stereocenters. The Morgan fingerprint density at radius 3 is 2.60 bits per heavy atom. The van der Waals surface area contributed by atoms with Crippen LogP contribution in [0.3, 0.4) is 0 Å². The van der Waals surface area contributed by atoms with E-state index >= 15 is 0 Å². The molecule has 2 aliphatic rings. The van der Waals surface area contributed by atoms with Gasteiger partial charge in [-0.3, -0.25) is 9.78 Å². The number of hydrogen-bond acceptors (Lipinski definition) is 4. The highest BCUT2D eigenvalue weighted by atomic mass is 35.5. The minimum atomic E-state index is -4.54. The maximum atomic E-state index is 13.8. The predicted molar refractivity (Wildman–Crippen MR) is 126 cm³/mol. The molecular formula is C26H24ClF3N4O. The van der Waals surface area contributed by atoms with Gasteiger partial charge in [0.2, 0.25) is 0 Å². The van der Waals surface area contributed by atoms with Gasteiger partial charge in [-0.05, 0) is 62.6 Å². The molecule has 3 heterocycles. The topological polar surface area (TPSA) is 59.0 Å². The van der Waals surface area contributed by atoms with E-state index in [1.54, 1.807) is 18.5 Å². The van der Waals surface area contributed by atoms with Crippen LogP contribution in [0.15, 0.2) is 48.9 Å². The zero-order valence-electron chi connectivity index (χ0n) is 19.1. The Balaban J connectivity index is 1.41. The summed E-state index contributed by atoms with van der Waals surface area (Å²) in [4.78, 5) is 28.5. The largest absolute Gasteiger partial charge is 0.417 e. The number of rotatable bonds is 5. The number of pyridine rings is 1. The van der Waals surface area contributed by atoms with E-state index in [0.29, 0.717) is 42.0 Å². The van der Waals surface area contributed by atoms with E-state index in [1.807, 2.05) is 30.0 Å². The number of likely N-dealkylation sites (tertiary alicyclic amines) is 1. The average Bonchev–Trinajstić information content (AvgIpc) is 3.49. The van der Waals surface area contributed by atoms with Crippen LogP contribution in [0.5, 0.6) is 0 Å². The summed E-state index contributed by atoms with van der Waals surface area (Å²) in [6, 6.07) is 8.31. The highest BCUT2D eigenvalue weighted by Crippen LogP contribution is 2.55. The predicted octanol–water partition coefficient (Wildman–Crippen LogP) is 6.15. The first-order valence-corrected chi connectivity index (χ1v) is 11.9. The number of halogens is 4. The molecule has 9 heteroatoms. The molecule has 1 aromatic carbocycles. The highest BCUT2D eigenvalue weighted by Gasteiger charge is 2.53. The number of hydrogen-bond donors (Lipinski definition) is 0. The Bertz CT molecular complexity index is 1260. The zero-order valence-corrected chi connectivity index (χ0v) is 19.9. The SMILES string of the molecule is Cc1ccc(-c2ncccn2)c(C(=O)N2CC3(CC3)C[C@H]2CCc2cc(C(F)(F)F)c(Cl)cn2)c1. The summed E-state index contributed by atoms with van der Waals surface area (Å²) < 4.78 is 39.8. The van der Waals surface area contributed by atoms with Gasteiger partial charge in [-0.15, -0.1) is 0 Å². The lowest BCUT2D eigenvalue weighted by Crippen LogP contribution is -2.36. The molecule has 5 rings (SSSR count). The Hall–Kier alpha value is -3.00. The molecule has 1 saturated heterocycles. The monoisotopic (exact) mass is 500 g/mol. The molecular weight excluding hydrogens is 477 g/mol. The van der Waals surface area contributed by atoms with Crippen LogP contribution in [-0.2, 0) is 12.6 Å². The number of carbonyl (C=O) groups is 1. The first-order chi connectivity index (χ1) is 16.7.